The number of rotatable bonds is 7. The van der Waals surface area contributed by atoms with Crippen LogP contribution < -0.4 is 16.6 Å². The molecular formula is C24H31N7O3. The number of hydrogen-bond acceptors (Lipinski definition) is 8. The lowest BCUT2D eigenvalue weighted by molar-refractivity contribution is 0.0378. The second-order valence-electron chi connectivity index (χ2n) is 9.07. The molecule has 1 saturated heterocycles. The van der Waals surface area contributed by atoms with E-state index in [1.807, 2.05) is 24.3 Å². The summed E-state index contributed by atoms with van der Waals surface area (Å²) in [6.07, 6.45) is 4.99. The van der Waals surface area contributed by atoms with Crippen LogP contribution in [0.5, 0.6) is 0 Å². The first kappa shape index (κ1) is 22.7. The third-order valence-electron chi connectivity index (χ3n) is 6.81. The molecule has 0 bridgehead atoms. The Balaban J connectivity index is 1.32. The third-order valence-corrected chi connectivity index (χ3v) is 6.81. The summed E-state index contributed by atoms with van der Waals surface area (Å²) in [7, 11) is 1.50. The van der Waals surface area contributed by atoms with E-state index < -0.39 is 5.56 Å². The highest BCUT2D eigenvalue weighted by Crippen LogP contribution is 2.29. The fourth-order valence-corrected chi connectivity index (χ4v) is 4.84. The maximum absolute atomic E-state index is 12.8. The van der Waals surface area contributed by atoms with Gasteiger partial charge in [0.2, 0.25) is 0 Å². The van der Waals surface area contributed by atoms with Crippen LogP contribution in [0.1, 0.15) is 38.1 Å². The molecule has 2 aliphatic rings. The fraction of sp³-hybridized carbons (Fsp3) is 0.542. The van der Waals surface area contributed by atoms with E-state index in [9.17, 15) is 9.59 Å². The van der Waals surface area contributed by atoms with Crippen LogP contribution in [0.2, 0.25) is 0 Å². The van der Waals surface area contributed by atoms with Gasteiger partial charge in [-0.1, -0.05) is 12.8 Å². The van der Waals surface area contributed by atoms with E-state index in [1.54, 1.807) is 4.57 Å². The van der Waals surface area contributed by atoms with Gasteiger partial charge >= 0.3 is 5.69 Å². The molecule has 180 valence electrons. The quantitative estimate of drug-likeness (QED) is 0.527. The number of benzene rings is 1. The number of anilines is 1. The van der Waals surface area contributed by atoms with E-state index in [0.29, 0.717) is 5.82 Å². The number of ether oxygens (including phenoxy) is 1. The summed E-state index contributed by atoms with van der Waals surface area (Å²) in [5, 5.41) is 12.0. The van der Waals surface area contributed by atoms with Gasteiger partial charge in [-0.05, 0) is 50.1 Å². The molecule has 10 heteroatoms. The minimum absolute atomic E-state index is 0.0392. The van der Waals surface area contributed by atoms with Gasteiger partial charge in [-0.25, -0.2) is 9.78 Å². The van der Waals surface area contributed by atoms with Crippen molar-refractivity contribution in [1.29, 1.82) is 0 Å². The van der Waals surface area contributed by atoms with Crippen LogP contribution in [0.3, 0.4) is 0 Å². The molecule has 0 radical (unpaired) electrons. The standard InChI is InChI=1S/C24H31N7O3/c1-29-23(32)20-22(31(24(29)33)19-5-2-3-6-19)28-27-21(26-20)17-7-9-18(10-8-17)25-11-4-12-30-13-15-34-16-14-30/h7-10,19,25H,2-6,11-16H2,1H3. The molecule has 0 unspecified atom stereocenters. The molecule has 1 saturated carbocycles. The van der Waals surface area contributed by atoms with Gasteiger partial charge in [0.15, 0.2) is 17.0 Å². The molecule has 5 rings (SSSR count). The van der Waals surface area contributed by atoms with Crippen LogP contribution in [0.15, 0.2) is 33.9 Å². The van der Waals surface area contributed by atoms with Crippen LogP contribution in [0, 0.1) is 0 Å². The van der Waals surface area contributed by atoms with Crippen molar-refractivity contribution in [2.75, 3.05) is 44.7 Å². The summed E-state index contributed by atoms with van der Waals surface area (Å²) in [4.78, 5) is 32.6. The monoisotopic (exact) mass is 465 g/mol. The summed E-state index contributed by atoms with van der Waals surface area (Å²) in [6, 6.07) is 7.84. The molecule has 34 heavy (non-hydrogen) atoms. The van der Waals surface area contributed by atoms with Crippen molar-refractivity contribution in [2.45, 2.75) is 38.1 Å². The second-order valence-corrected chi connectivity index (χ2v) is 9.07. The zero-order valence-corrected chi connectivity index (χ0v) is 19.6. The maximum Gasteiger partial charge on any atom is 0.332 e. The molecule has 10 nitrogen and oxygen atoms in total. The van der Waals surface area contributed by atoms with Gasteiger partial charge in [0.1, 0.15) is 0 Å². The van der Waals surface area contributed by atoms with Gasteiger partial charge in [-0.15, -0.1) is 10.2 Å². The topological polar surface area (TPSA) is 107 Å². The third kappa shape index (κ3) is 4.60. The first-order valence-electron chi connectivity index (χ1n) is 12.1. The summed E-state index contributed by atoms with van der Waals surface area (Å²) in [6.45, 7) is 5.62. The highest BCUT2D eigenvalue weighted by Gasteiger charge is 2.24. The van der Waals surface area contributed by atoms with Crippen LogP contribution >= 0.6 is 0 Å². The van der Waals surface area contributed by atoms with Crippen molar-refractivity contribution in [1.82, 2.24) is 29.2 Å². The van der Waals surface area contributed by atoms with Crippen molar-refractivity contribution in [3.8, 4) is 11.4 Å². The lowest BCUT2D eigenvalue weighted by atomic mass is 10.2. The Hall–Kier alpha value is -3.11. The summed E-state index contributed by atoms with van der Waals surface area (Å²) >= 11 is 0. The largest absolute Gasteiger partial charge is 0.385 e. The Morgan fingerprint density at radius 2 is 1.79 bits per heavy atom. The first-order valence-corrected chi connectivity index (χ1v) is 12.1. The molecule has 3 heterocycles. The summed E-state index contributed by atoms with van der Waals surface area (Å²) in [5.41, 5.74) is 1.47. The molecule has 3 aromatic rings. The van der Waals surface area contributed by atoms with E-state index in [0.717, 1.165) is 87.3 Å². The molecule has 0 amide bonds. The van der Waals surface area contributed by atoms with Gasteiger partial charge in [-0.2, -0.15) is 0 Å². The minimum atomic E-state index is -0.441. The van der Waals surface area contributed by atoms with Crippen LogP contribution in [-0.2, 0) is 11.8 Å². The zero-order valence-electron chi connectivity index (χ0n) is 19.6. The van der Waals surface area contributed by atoms with Gasteiger partial charge in [0, 0.05) is 44.0 Å². The molecule has 0 atom stereocenters. The SMILES string of the molecule is Cn1c(=O)c2nc(-c3ccc(NCCCN4CCOCC4)cc3)nnc2n(C2CCCC2)c1=O. The predicted molar refractivity (Wildman–Crippen MR) is 130 cm³/mol. The van der Waals surface area contributed by atoms with Gasteiger partial charge in [0.25, 0.3) is 5.56 Å². The molecule has 1 aliphatic carbocycles. The Morgan fingerprint density at radius 1 is 1.06 bits per heavy atom. The van der Waals surface area contributed by atoms with Gasteiger partial charge in [-0.3, -0.25) is 18.8 Å². The number of morpholine rings is 1. The van der Waals surface area contributed by atoms with Crippen molar-refractivity contribution in [2.24, 2.45) is 7.05 Å². The second kappa shape index (κ2) is 10.0. The average Bonchev–Trinajstić information content (AvgIpc) is 3.41. The van der Waals surface area contributed by atoms with Crippen molar-refractivity contribution >= 4 is 16.9 Å². The van der Waals surface area contributed by atoms with E-state index >= 15 is 0 Å². The molecule has 1 aliphatic heterocycles. The summed E-state index contributed by atoms with van der Waals surface area (Å²) in [5.74, 6) is 0.375. The lowest BCUT2D eigenvalue weighted by Gasteiger charge is -2.26. The maximum atomic E-state index is 12.8. The molecule has 0 spiro atoms. The van der Waals surface area contributed by atoms with Gasteiger partial charge < -0.3 is 10.1 Å². The summed E-state index contributed by atoms with van der Waals surface area (Å²) < 4.78 is 8.12. The smallest absolute Gasteiger partial charge is 0.332 e. The van der Waals surface area contributed by atoms with Crippen molar-refractivity contribution < 1.29 is 4.74 Å². The molecule has 1 N–H and O–H groups in total. The Morgan fingerprint density at radius 3 is 2.53 bits per heavy atom. The molecule has 2 fully saturated rings. The lowest BCUT2D eigenvalue weighted by Crippen LogP contribution is -2.40. The van der Waals surface area contributed by atoms with Crippen LogP contribution in [-0.4, -0.2) is 68.6 Å². The number of aromatic nitrogens is 5. The van der Waals surface area contributed by atoms with Crippen LogP contribution in [0.4, 0.5) is 5.69 Å². The van der Waals surface area contributed by atoms with Crippen molar-refractivity contribution in [3.63, 3.8) is 0 Å². The predicted octanol–water partition coefficient (Wildman–Crippen LogP) is 1.80. The number of hydrogen-bond donors (Lipinski definition) is 1. The first-order chi connectivity index (χ1) is 16.6. The molecular weight excluding hydrogens is 434 g/mol. The Bertz CT molecular complexity index is 1260. The number of nitrogens with zero attached hydrogens (tertiary/aromatic N) is 6. The van der Waals surface area contributed by atoms with E-state index in [1.165, 1.54) is 7.05 Å². The normalized spacial score (nSPS) is 17.4. The van der Waals surface area contributed by atoms with E-state index in [2.05, 4.69) is 25.4 Å². The highest BCUT2D eigenvalue weighted by molar-refractivity contribution is 5.71. The number of fused-ring (bicyclic) bond motifs is 1. The molecule has 1 aromatic carbocycles. The minimum Gasteiger partial charge on any atom is -0.385 e. The van der Waals surface area contributed by atoms with E-state index in [4.69, 9.17) is 4.74 Å². The average molecular weight is 466 g/mol. The van der Waals surface area contributed by atoms with Gasteiger partial charge in [0.05, 0.1) is 13.2 Å². The highest BCUT2D eigenvalue weighted by atomic mass is 16.5. The zero-order chi connectivity index (χ0) is 23.5. The van der Waals surface area contributed by atoms with Crippen molar-refractivity contribution in [3.05, 3.63) is 45.1 Å². The van der Waals surface area contributed by atoms with Crippen LogP contribution in [0.25, 0.3) is 22.6 Å². The fourth-order valence-electron chi connectivity index (χ4n) is 4.84. The number of nitrogens with one attached hydrogen (secondary N) is 1. The van der Waals surface area contributed by atoms with E-state index in [-0.39, 0.29) is 22.9 Å². The Kier molecular flexibility index (Phi) is 6.68. The Labute approximate surface area is 197 Å². The molecule has 2 aromatic heterocycles.